The molecular formula is C12H17N5O. The predicted octanol–water partition coefficient (Wildman–Crippen LogP) is 1.01. The molecule has 1 saturated carbocycles. The molecule has 2 N–H and O–H groups in total. The van der Waals surface area contributed by atoms with Crippen molar-refractivity contribution >= 4 is 11.0 Å². The van der Waals surface area contributed by atoms with Gasteiger partial charge in [0.2, 0.25) is 5.88 Å². The van der Waals surface area contributed by atoms with E-state index in [1.165, 1.54) is 6.33 Å². The Hall–Kier alpha value is -1.69. The van der Waals surface area contributed by atoms with E-state index in [4.69, 9.17) is 10.5 Å². The molecule has 0 saturated heterocycles. The highest BCUT2D eigenvalue weighted by molar-refractivity contribution is 5.79. The molecule has 0 radical (unpaired) electrons. The van der Waals surface area contributed by atoms with Crippen molar-refractivity contribution < 1.29 is 4.74 Å². The number of hydrogen-bond donors (Lipinski definition) is 1. The zero-order valence-corrected chi connectivity index (χ0v) is 10.4. The Morgan fingerprint density at radius 1 is 1.39 bits per heavy atom. The van der Waals surface area contributed by atoms with Crippen LogP contribution in [0.1, 0.15) is 25.7 Å². The minimum atomic E-state index is 0.159. The molecule has 2 aromatic heterocycles. The van der Waals surface area contributed by atoms with Crippen molar-refractivity contribution in [1.82, 2.24) is 19.7 Å². The summed E-state index contributed by atoms with van der Waals surface area (Å²) in [6, 6.07) is 0.245. The van der Waals surface area contributed by atoms with Crippen molar-refractivity contribution in [3.63, 3.8) is 0 Å². The first-order valence-corrected chi connectivity index (χ1v) is 6.29. The SMILES string of the molecule is Cn1ncc2c(OC3CCCC(N)C3)ncnc21. The first kappa shape index (κ1) is 11.4. The van der Waals surface area contributed by atoms with E-state index < -0.39 is 0 Å². The van der Waals surface area contributed by atoms with Crippen LogP contribution in [-0.4, -0.2) is 31.9 Å². The normalized spacial score (nSPS) is 24.3. The monoisotopic (exact) mass is 247 g/mol. The Morgan fingerprint density at radius 3 is 3.11 bits per heavy atom. The van der Waals surface area contributed by atoms with Gasteiger partial charge in [0.05, 0.1) is 6.20 Å². The summed E-state index contributed by atoms with van der Waals surface area (Å²) in [7, 11) is 1.86. The maximum absolute atomic E-state index is 5.97. The Balaban J connectivity index is 1.86. The third-order valence-electron chi connectivity index (χ3n) is 3.44. The van der Waals surface area contributed by atoms with E-state index >= 15 is 0 Å². The lowest BCUT2D eigenvalue weighted by Crippen LogP contribution is -2.33. The maximum atomic E-state index is 5.97. The smallest absolute Gasteiger partial charge is 0.228 e. The molecule has 1 fully saturated rings. The fourth-order valence-corrected chi connectivity index (χ4v) is 2.48. The van der Waals surface area contributed by atoms with Gasteiger partial charge in [-0.05, 0) is 25.7 Å². The van der Waals surface area contributed by atoms with Crippen molar-refractivity contribution in [3.8, 4) is 5.88 Å². The lowest BCUT2D eigenvalue weighted by molar-refractivity contribution is 0.140. The van der Waals surface area contributed by atoms with Crippen LogP contribution >= 0.6 is 0 Å². The van der Waals surface area contributed by atoms with Crippen molar-refractivity contribution in [1.29, 1.82) is 0 Å². The molecule has 18 heavy (non-hydrogen) atoms. The standard InChI is InChI=1S/C12H17N5O/c1-17-11-10(6-16-17)12(15-7-14-11)18-9-4-2-3-8(13)5-9/h6-9H,2-5,13H2,1H3. The number of hydrogen-bond acceptors (Lipinski definition) is 5. The summed E-state index contributed by atoms with van der Waals surface area (Å²) in [5, 5.41) is 5.03. The van der Waals surface area contributed by atoms with Crippen LogP contribution in [0, 0.1) is 0 Å². The molecule has 0 amide bonds. The average molecular weight is 247 g/mol. The van der Waals surface area contributed by atoms with Crippen LogP contribution in [0.4, 0.5) is 0 Å². The second-order valence-electron chi connectivity index (χ2n) is 4.85. The van der Waals surface area contributed by atoms with E-state index in [1.54, 1.807) is 10.9 Å². The van der Waals surface area contributed by atoms with Crippen LogP contribution in [0.25, 0.3) is 11.0 Å². The van der Waals surface area contributed by atoms with Gasteiger partial charge in [-0.2, -0.15) is 5.10 Å². The number of nitrogens with two attached hydrogens (primary N) is 1. The van der Waals surface area contributed by atoms with Gasteiger partial charge in [-0.1, -0.05) is 0 Å². The van der Waals surface area contributed by atoms with Gasteiger partial charge < -0.3 is 10.5 Å². The molecule has 1 aliphatic rings. The molecule has 2 atom stereocenters. The van der Waals surface area contributed by atoms with Crippen LogP contribution in [-0.2, 0) is 7.05 Å². The summed E-state index contributed by atoms with van der Waals surface area (Å²) in [6.07, 6.45) is 7.56. The number of ether oxygens (including phenoxy) is 1. The summed E-state index contributed by atoms with van der Waals surface area (Å²) < 4.78 is 7.69. The number of aromatic nitrogens is 4. The number of aryl methyl sites for hydroxylation is 1. The predicted molar refractivity (Wildman–Crippen MR) is 67.2 cm³/mol. The molecule has 6 heteroatoms. The number of rotatable bonds is 2. The summed E-state index contributed by atoms with van der Waals surface area (Å²) in [5.41, 5.74) is 6.76. The molecule has 96 valence electrons. The first-order chi connectivity index (χ1) is 8.74. The van der Waals surface area contributed by atoms with Crippen LogP contribution in [0.15, 0.2) is 12.5 Å². The van der Waals surface area contributed by atoms with Crippen LogP contribution in [0.5, 0.6) is 5.88 Å². The van der Waals surface area contributed by atoms with Crippen LogP contribution < -0.4 is 10.5 Å². The Morgan fingerprint density at radius 2 is 2.28 bits per heavy atom. The zero-order valence-electron chi connectivity index (χ0n) is 10.4. The zero-order chi connectivity index (χ0) is 12.5. The largest absolute Gasteiger partial charge is 0.474 e. The lowest BCUT2D eigenvalue weighted by Gasteiger charge is -2.26. The summed E-state index contributed by atoms with van der Waals surface area (Å²) in [6.45, 7) is 0. The average Bonchev–Trinajstić information content (AvgIpc) is 2.73. The molecule has 2 aromatic rings. The molecular weight excluding hydrogens is 230 g/mol. The maximum Gasteiger partial charge on any atom is 0.228 e. The van der Waals surface area contributed by atoms with Gasteiger partial charge in [-0.15, -0.1) is 0 Å². The van der Waals surface area contributed by atoms with E-state index in [2.05, 4.69) is 15.1 Å². The topological polar surface area (TPSA) is 78.9 Å². The lowest BCUT2D eigenvalue weighted by atomic mass is 9.93. The Kier molecular flexibility index (Phi) is 2.87. The van der Waals surface area contributed by atoms with Gasteiger partial charge in [0, 0.05) is 13.1 Å². The van der Waals surface area contributed by atoms with Crippen LogP contribution in [0.2, 0.25) is 0 Å². The highest BCUT2D eigenvalue weighted by atomic mass is 16.5. The van der Waals surface area contributed by atoms with Gasteiger partial charge >= 0.3 is 0 Å². The molecule has 0 aromatic carbocycles. The second-order valence-corrected chi connectivity index (χ2v) is 4.85. The van der Waals surface area contributed by atoms with Gasteiger partial charge in [0.1, 0.15) is 17.8 Å². The molecule has 1 aliphatic carbocycles. The van der Waals surface area contributed by atoms with E-state index in [1.807, 2.05) is 7.05 Å². The van der Waals surface area contributed by atoms with Gasteiger partial charge in [-0.25, -0.2) is 9.97 Å². The first-order valence-electron chi connectivity index (χ1n) is 6.29. The molecule has 2 unspecified atom stereocenters. The highest BCUT2D eigenvalue weighted by Gasteiger charge is 2.22. The van der Waals surface area contributed by atoms with Crippen LogP contribution in [0.3, 0.4) is 0 Å². The van der Waals surface area contributed by atoms with Crippen molar-refractivity contribution in [2.24, 2.45) is 12.8 Å². The summed E-state index contributed by atoms with van der Waals surface area (Å²) in [5.74, 6) is 0.618. The van der Waals surface area contributed by atoms with Crippen molar-refractivity contribution in [2.45, 2.75) is 37.8 Å². The Bertz CT molecular complexity index is 552. The molecule has 2 heterocycles. The minimum Gasteiger partial charge on any atom is -0.474 e. The third kappa shape index (κ3) is 2.03. The fourth-order valence-electron chi connectivity index (χ4n) is 2.48. The van der Waals surface area contributed by atoms with Gasteiger partial charge in [0.15, 0.2) is 5.65 Å². The van der Waals surface area contributed by atoms with E-state index in [9.17, 15) is 0 Å². The molecule has 6 nitrogen and oxygen atoms in total. The third-order valence-corrected chi connectivity index (χ3v) is 3.44. The molecule has 0 aliphatic heterocycles. The summed E-state index contributed by atoms with van der Waals surface area (Å²) in [4.78, 5) is 8.41. The molecule has 3 rings (SSSR count). The van der Waals surface area contributed by atoms with Gasteiger partial charge in [-0.3, -0.25) is 4.68 Å². The number of nitrogens with zero attached hydrogens (tertiary/aromatic N) is 4. The minimum absolute atomic E-state index is 0.159. The number of fused-ring (bicyclic) bond motifs is 1. The van der Waals surface area contributed by atoms with Gasteiger partial charge in [0.25, 0.3) is 0 Å². The van der Waals surface area contributed by atoms with E-state index in [0.717, 1.165) is 36.7 Å². The van der Waals surface area contributed by atoms with E-state index in [0.29, 0.717) is 5.88 Å². The molecule has 0 bridgehead atoms. The molecule has 0 spiro atoms. The second kappa shape index (κ2) is 4.53. The highest BCUT2D eigenvalue weighted by Crippen LogP contribution is 2.26. The Labute approximate surface area is 105 Å². The summed E-state index contributed by atoms with van der Waals surface area (Å²) >= 11 is 0. The fraction of sp³-hybridized carbons (Fsp3) is 0.583. The van der Waals surface area contributed by atoms with E-state index in [-0.39, 0.29) is 12.1 Å². The van der Waals surface area contributed by atoms with Crippen molar-refractivity contribution in [2.75, 3.05) is 0 Å². The quantitative estimate of drug-likeness (QED) is 0.856. The van der Waals surface area contributed by atoms with Crippen molar-refractivity contribution in [3.05, 3.63) is 12.5 Å².